The van der Waals surface area contributed by atoms with Crippen LogP contribution >= 0.6 is 23.5 Å². The van der Waals surface area contributed by atoms with E-state index in [9.17, 15) is 0 Å². The first-order valence-corrected chi connectivity index (χ1v) is 6.83. The van der Waals surface area contributed by atoms with Crippen molar-refractivity contribution >= 4 is 23.5 Å². The molecule has 0 atom stereocenters. The number of hydrogen-bond acceptors (Lipinski definition) is 7. The number of rotatable bonds is 0. The Balaban J connectivity index is -0.0000000400. The molecular formula is H5FeNaO12P3. The first kappa shape index (κ1) is 31.3. The molecule has 12 nitrogen and oxygen atoms in total. The van der Waals surface area contributed by atoms with Gasteiger partial charge in [-0.25, -0.2) is 4.57 Å². The van der Waals surface area contributed by atoms with E-state index in [1.165, 1.54) is 0 Å². The molecule has 0 fully saturated rings. The van der Waals surface area contributed by atoms with Crippen LogP contribution in [-0.4, -0.2) is 24.5 Å². The molecule has 0 aliphatic carbocycles. The molecule has 0 saturated carbocycles. The van der Waals surface area contributed by atoms with E-state index in [-0.39, 0.29) is 46.6 Å². The van der Waals surface area contributed by atoms with Crippen LogP contribution < -0.4 is 49.1 Å². The first-order valence-electron chi connectivity index (χ1n) is 2.28. The van der Waals surface area contributed by atoms with Gasteiger partial charge in [0.2, 0.25) is 0 Å². The molecule has 0 saturated heterocycles. The van der Waals surface area contributed by atoms with Crippen LogP contribution in [0, 0.1) is 0 Å². The second-order valence-corrected chi connectivity index (χ2v) is 4.35. The van der Waals surface area contributed by atoms with E-state index < -0.39 is 23.5 Å². The minimum Gasteiger partial charge on any atom is -0.822 e. The van der Waals surface area contributed by atoms with Gasteiger partial charge in [0.05, 0.1) is 0 Å². The molecule has 0 rings (SSSR count). The average molecular weight is 369 g/mol. The van der Waals surface area contributed by atoms with E-state index in [4.69, 9.17) is 57.7 Å². The Kier molecular flexibility index (Phi) is 23.7. The molecule has 0 aromatic carbocycles. The fourth-order valence-electron chi connectivity index (χ4n) is 0. The van der Waals surface area contributed by atoms with Gasteiger partial charge in [0, 0.05) is 0 Å². The van der Waals surface area contributed by atoms with Gasteiger partial charge in [-0.3, -0.25) is 4.57 Å². The maximum atomic E-state index is 8.88. The van der Waals surface area contributed by atoms with Crippen LogP contribution in [0.2, 0.25) is 0 Å². The van der Waals surface area contributed by atoms with Crippen molar-refractivity contribution in [2.24, 2.45) is 0 Å². The van der Waals surface area contributed by atoms with Crippen molar-refractivity contribution in [3.05, 3.63) is 0 Å². The molecule has 0 aromatic rings. The van der Waals surface area contributed by atoms with Gasteiger partial charge in [-0.2, -0.15) is 7.82 Å². The van der Waals surface area contributed by atoms with Gasteiger partial charge in [0.15, 0.2) is 0 Å². The summed E-state index contributed by atoms with van der Waals surface area (Å²) < 4.78 is 26.2. The Hall–Kier alpha value is 1.85. The Bertz CT molecular complexity index is 208. The van der Waals surface area contributed by atoms with Crippen LogP contribution in [0.15, 0.2) is 0 Å². The smallest absolute Gasteiger partial charge is 0.822 e. The molecule has 5 N–H and O–H groups in total. The van der Waals surface area contributed by atoms with E-state index in [1.54, 1.807) is 0 Å². The van der Waals surface area contributed by atoms with Crippen molar-refractivity contribution in [1.82, 2.24) is 0 Å². The normalized spacial score (nSPS) is 10.4. The van der Waals surface area contributed by atoms with Crippen molar-refractivity contribution < 1.29 is 104 Å². The number of phosphoric acid groups is 3. The summed E-state index contributed by atoms with van der Waals surface area (Å²) in [5, 5.41) is 0. The van der Waals surface area contributed by atoms with Gasteiger partial charge < -0.3 is 48.6 Å². The van der Waals surface area contributed by atoms with E-state index in [0.29, 0.717) is 0 Å². The molecule has 101 valence electrons. The topological polar surface area (TPSA) is 245 Å². The second-order valence-electron chi connectivity index (χ2n) is 1.45. The SMILES string of the molecule is O=P(O)(O)O.O=P([O-])(O)O.O=P([O-])([O-])[O-].[Fe+3].[Na+]. The predicted molar refractivity (Wildman–Crippen MR) is 33.9 cm³/mol. The zero-order chi connectivity index (χ0) is 13.5. The van der Waals surface area contributed by atoms with Crippen LogP contribution in [0.1, 0.15) is 0 Å². The molecule has 0 amide bonds. The van der Waals surface area contributed by atoms with Crippen molar-refractivity contribution in [2.45, 2.75) is 0 Å². The zero-order valence-corrected chi connectivity index (χ0v) is 13.6. The van der Waals surface area contributed by atoms with Crippen molar-refractivity contribution in [3.63, 3.8) is 0 Å². The number of hydrogen-bond donors (Lipinski definition) is 5. The first-order chi connectivity index (χ1) is 6.00. The quantitative estimate of drug-likeness (QED) is 0.197. The summed E-state index contributed by atoms with van der Waals surface area (Å²) in [7, 11) is -14.9. The zero-order valence-electron chi connectivity index (χ0n) is 7.79. The molecule has 0 aliphatic rings. The summed E-state index contributed by atoms with van der Waals surface area (Å²) in [6.45, 7) is 0. The Labute approximate surface area is 127 Å². The monoisotopic (exact) mass is 369 g/mol. The standard InChI is InChI=1S/Fe.Na.3H3O4P/c;;3*1-5(2,3)4/h;;3*(H3,1,2,3,4)/q+3;+1;;;/p-4. The van der Waals surface area contributed by atoms with E-state index in [2.05, 4.69) is 0 Å². The minimum absolute atomic E-state index is 0. The molecular weight excluding hydrogens is 364 g/mol. The van der Waals surface area contributed by atoms with Gasteiger partial charge >= 0.3 is 54.4 Å². The fourth-order valence-corrected chi connectivity index (χ4v) is 0. The summed E-state index contributed by atoms with van der Waals surface area (Å²) >= 11 is 0. The van der Waals surface area contributed by atoms with Gasteiger partial charge in [0.25, 0.3) is 7.82 Å². The van der Waals surface area contributed by atoms with E-state index in [1.807, 2.05) is 0 Å². The van der Waals surface area contributed by atoms with Crippen LogP contribution in [0.3, 0.4) is 0 Å². The third-order valence-corrected chi connectivity index (χ3v) is 0. The van der Waals surface area contributed by atoms with Gasteiger partial charge in [-0.05, 0) is 0 Å². The molecule has 0 heterocycles. The Morgan fingerprint density at radius 3 is 0.706 bits per heavy atom. The summed E-state index contributed by atoms with van der Waals surface area (Å²) in [4.78, 5) is 70.1. The summed E-state index contributed by atoms with van der Waals surface area (Å²) in [6.07, 6.45) is 0. The van der Waals surface area contributed by atoms with Crippen LogP contribution in [-0.2, 0) is 30.8 Å². The van der Waals surface area contributed by atoms with Gasteiger partial charge in [-0.15, -0.1) is 0 Å². The minimum atomic E-state index is -5.39. The largest absolute Gasteiger partial charge is 3.00 e. The fraction of sp³-hybridized carbons (Fsp3) is 0. The van der Waals surface area contributed by atoms with Gasteiger partial charge in [0.1, 0.15) is 0 Å². The predicted octanol–water partition coefficient (Wildman–Crippen LogP) is -8.31. The second kappa shape index (κ2) is 12.9. The average Bonchev–Trinajstić information content (AvgIpc) is 1.41. The molecule has 0 unspecified atom stereocenters. The molecule has 0 aliphatic heterocycles. The Morgan fingerprint density at radius 1 is 0.706 bits per heavy atom. The molecule has 0 spiro atoms. The van der Waals surface area contributed by atoms with E-state index >= 15 is 0 Å². The van der Waals surface area contributed by atoms with Crippen LogP contribution in [0.5, 0.6) is 0 Å². The third-order valence-electron chi connectivity index (χ3n) is 0. The maximum Gasteiger partial charge on any atom is 3.00 e. The summed E-state index contributed by atoms with van der Waals surface area (Å²) in [5.74, 6) is 0. The molecule has 0 bridgehead atoms. The van der Waals surface area contributed by atoms with E-state index in [0.717, 1.165) is 0 Å². The third kappa shape index (κ3) is 1310. The molecule has 0 aromatic heterocycles. The molecule has 17 heteroatoms. The summed E-state index contributed by atoms with van der Waals surface area (Å²) in [6, 6.07) is 0. The van der Waals surface area contributed by atoms with Gasteiger partial charge in [-0.1, -0.05) is 0 Å². The Morgan fingerprint density at radius 2 is 0.706 bits per heavy atom. The van der Waals surface area contributed by atoms with Crippen molar-refractivity contribution in [1.29, 1.82) is 0 Å². The molecule has 17 heavy (non-hydrogen) atoms. The van der Waals surface area contributed by atoms with Crippen LogP contribution in [0.25, 0.3) is 0 Å². The van der Waals surface area contributed by atoms with Crippen molar-refractivity contribution in [3.8, 4) is 0 Å². The maximum absolute atomic E-state index is 8.88. The summed E-state index contributed by atoms with van der Waals surface area (Å²) in [5.41, 5.74) is 0. The molecule has 1 radical (unpaired) electrons. The van der Waals surface area contributed by atoms with Crippen molar-refractivity contribution in [2.75, 3.05) is 0 Å². The van der Waals surface area contributed by atoms with Crippen LogP contribution in [0.4, 0.5) is 0 Å².